The number of hydrogen-bond acceptors (Lipinski definition) is 3. The molecule has 2 nitrogen and oxygen atoms in total. The highest BCUT2D eigenvalue weighted by Gasteiger charge is 2.15. The second-order valence-electron chi connectivity index (χ2n) is 4.65. The van der Waals surface area contributed by atoms with Crippen LogP contribution in [-0.2, 0) is 0 Å². The maximum Gasteiger partial charge on any atom is 0.124 e. The molecule has 6 heteroatoms. The molecule has 1 unspecified atom stereocenters. The van der Waals surface area contributed by atoms with E-state index >= 15 is 0 Å². The fraction of sp³-hybridized carbons (Fsp3) is 0.133. The van der Waals surface area contributed by atoms with Crippen LogP contribution < -0.4 is 5.32 Å². The van der Waals surface area contributed by atoms with Gasteiger partial charge >= 0.3 is 0 Å². The van der Waals surface area contributed by atoms with Gasteiger partial charge in [0.1, 0.15) is 11.3 Å². The molecular formula is C15H11BrClFN2S. The molecule has 0 aliphatic heterocycles. The second-order valence-corrected chi connectivity index (χ2v) is 6.80. The van der Waals surface area contributed by atoms with Crippen molar-refractivity contribution in [2.45, 2.75) is 13.0 Å². The number of aromatic nitrogens is 1. The number of anilines is 1. The van der Waals surface area contributed by atoms with Crippen LogP contribution in [-0.4, -0.2) is 4.98 Å². The Hall–Kier alpha value is -1.17. The van der Waals surface area contributed by atoms with Crippen LogP contribution >= 0.6 is 38.9 Å². The van der Waals surface area contributed by atoms with E-state index in [0.29, 0.717) is 5.02 Å². The monoisotopic (exact) mass is 384 g/mol. The number of benzene rings is 2. The molecule has 3 rings (SSSR count). The van der Waals surface area contributed by atoms with Crippen molar-refractivity contribution in [2.75, 3.05) is 5.32 Å². The van der Waals surface area contributed by atoms with Gasteiger partial charge in [-0.15, -0.1) is 11.3 Å². The van der Waals surface area contributed by atoms with E-state index in [4.69, 9.17) is 11.6 Å². The van der Waals surface area contributed by atoms with Gasteiger partial charge in [-0.1, -0.05) is 33.6 Å². The highest BCUT2D eigenvalue weighted by Crippen LogP contribution is 2.35. The minimum atomic E-state index is -0.266. The zero-order chi connectivity index (χ0) is 15.0. The Balaban J connectivity index is 1.98. The van der Waals surface area contributed by atoms with E-state index in [1.165, 1.54) is 12.1 Å². The van der Waals surface area contributed by atoms with Crippen molar-refractivity contribution in [3.05, 3.63) is 56.7 Å². The molecule has 1 atom stereocenters. The van der Waals surface area contributed by atoms with Crippen LogP contribution in [0.15, 0.2) is 40.3 Å². The standard InChI is InChI=1S/C15H11BrClFN2S/c1-8(10-3-2-9(18)6-11(10)16)20-14-12(17)4-5-13-15(14)19-7-21-13/h2-8,20H,1H3. The number of nitrogens with zero attached hydrogens (tertiary/aromatic N) is 1. The van der Waals surface area contributed by atoms with E-state index in [2.05, 4.69) is 26.2 Å². The average molecular weight is 386 g/mol. The van der Waals surface area contributed by atoms with Gasteiger partial charge in [0.2, 0.25) is 0 Å². The fourth-order valence-electron chi connectivity index (χ4n) is 2.19. The largest absolute Gasteiger partial charge is 0.375 e. The summed E-state index contributed by atoms with van der Waals surface area (Å²) in [6.45, 7) is 2.00. The number of fused-ring (bicyclic) bond motifs is 1. The third-order valence-electron chi connectivity index (χ3n) is 3.24. The van der Waals surface area contributed by atoms with Crippen molar-refractivity contribution in [3.8, 4) is 0 Å². The summed E-state index contributed by atoms with van der Waals surface area (Å²) in [5.41, 5.74) is 4.42. The molecule has 0 saturated heterocycles. The van der Waals surface area contributed by atoms with Gasteiger partial charge in [-0.05, 0) is 36.8 Å². The lowest BCUT2D eigenvalue weighted by Crippen LogP contribution is -2.08. The molecule has 0 amide bonds. The maximum absolute atomic E-state index is 13.2. The second kappa shape index (κ2) is 5.91. The van der Waals surface area contributed by atoms with E-state index < -0.39 is 0 Å². The summed E-state index contributed by atoms with van der Waals surface area (Å²) in [7, 11) is 0. The molecule has 1 aromatic heterocycles. The average Bonchev–Trinajstić information content (AvgIpc) is 2.90. The lowest BCUT2D eigenvalue weighted by Gasteiger charge is -2.18. The molecule has 1 heterocycles. The van der Waals surface area contributed by atoms with E-state index in [1.807, 2.05) is 19.1 Å². The third kappa shape index (κ3) is 2.91. The summed E-state index contributed by atoms with van der Waals surface area (Å²) >= 11 is 11.3. The molecule has 0 aliphatic rings. The van der Waals surface area contributed by atoms with Crippen LogP contribution in [0.5, 0.6) is 0 Å². The molecule has 0 radical (unpaired) electrons. The van der Waals surface area contributed by atoms with Gasteiger partial charge in [0.05, 0.1) is 20.9 Å². The Kier molecular flexibility index (Phi) is 4.15. The Morgan fingerprint density at radius 1 is 1.33 bits per heavy atom. The quantitative estimate of drug-likeness (QED) is 0.596. The van der Waals surface area contributed by atoms with Crippen LogP contribution in [0.1, 0.15) is 18.5 Å². The normalized spacial score (nSPS) is 12.6. The van der Waals surface area contributed by atoms with Gasteiger partial charge in [0.15, 0.2) is 0 Å². The zero-order valence-electron chi connectivity index (χ0n) is 11.0. The minimum Gasteiger partial charge on any atom is -0.375 e. The number of hydrogen-bond donors (Lipinski definition) is 1. The zero-order valence-corrected chi connectivity index (χ0v) is 14.2. The smallest absolute Gasteiger partial charge is 0.124 e. The van der Waals surface area contributed by atoms with Gasteiger partial charge in [-0.2, -0.15) is 0 Å². The Labute approximate surface area is 139 Å². The third-order valence-corrected chi connectivity index (χ3v) is 5.04. The first-order valence-electron chi connectivity index (χ1n) is 6.29. The Morgan fingerprint density at radius 2 is 2.14 bits per heavy atom. The first-order chi connectivity index (χ1) is 10.1. The van der Waals surface area contributed by atoms with E-state index in [0.717, 1.165) is 25.9 Å². The van der Waals surface area contributed by atoms with Crippen molar-refractivity contribution in [3.63, 3.8) is 0 Å². The topological polar surface area (TPSA) is 24.9 Å². The van der Waals surface area contributed by atoms with Crippen LogP contribution in [0.25, 0.3) is 10.2 Å². The molecular weight excluding hydrogens is 375 g/mol. The van der Waals surface area contributed by atoms with Gasteiger partial charge in [0.25, 0.3) is 0 Å². The van der Waals surface area contributed by atoms with Gasteiger partial charge in [-0.3, -0.25) is 0 Å². The summed E-state index contributed by atoms with van der Waals surface area (Å²) in [5, 5.41) is 4.00. The number of halogens is 3. The molecule has 3 aromatic rings. The lowest BCUT2D eigenvalue weighted by atomic mass is 10.1. The lowest BCUT2D eigenvalue weighted by molar-refractivity contribution is 0.625. The van der Waals surface area contributed by atoms with Crippen molar-refractivity contribution in [1.29, 1.82) is 0 Å². The predicted octanol–water partition coefficient (Wildman–Crippen LogP) is 6.02. The molecule has 1 N–H and O–H groups in total. The summed E-state index contributed by atoms with van der Waals surface area (Å²) in [4.78, 5) is 4.36. The molecule has 0 spiro atoms. The number of thiazole rings is 1. The van der Waals surface area contributed by atoms with Crippen LogP contribution in [0, 0.1) is 5.82 Å². The molecule has 0 aliphatic carbocycles. The molecule has 21 heavy (non-hydrogen) atoms. The molecule has 0 bridgehead atoms. The number of nitrogens with one attached hydrogen (secondary N) is 1. The first kappa shape index (κ1) is 14.8. The molecule has 2 aromatic carbocycles. The van der Waals surface area contributed by atoms with E-state index in [9.17, 15) is 4.39 Å². The molecule has 108 valence electrons. The van der Waals surface area contributed by atoms with Crippen molar-refractivity contribution >= 4 is 54.8 Å². The number of rotatable bonds is 3. The van der Waals surface area contributed by atoms with Gasteiger partial charge in [0, 0.05) is 10.5 Å². The fourth-order valence-corrected chi connectivity index (χ4v) is 3.78. The Morgan fingerprint density at radius 3 is 2.90 bits per heavy atom. The van der Waals surface area contributed by atoms with Crippen molar-refractivity contribution in [1.82, 2.24) is 4.98 Å². The summed E-state index contributed by atoms with van der Waals surface area (Å²) in [6, 6.07) is 8.44. The first-order valence-corrected chi connectivity index (χ1v) is 8.34. The van der Waals surface area contributed by atoms with E-state index in [1.54, 1.807) is 22.9 Å². The molecule has 0 fully saturated rings. The summed E-state index contributed by atoms with van der Waals surface area (Å²) in [6.07, 6.45) is 0. The van der Waals surface area contributed by atoms with Crippen molar-refractivity contribution in [2.24, 2.45) is 0 Å². The highest BCUT2D eigenvalue weighted by atomic mass is 79.9. The van der Waals surface area contributed by atoms with Crippen molar-refractivity contribution < 1.29 is 4.39 Å². The van der Waals surface area contributed by atoms with Crippen LogP contribution in [0.2, 0.25) is 5.02 Å². The van der Waals surface area contributed by atoms with E-state index in [-0.39, 0.29) is 11.9 Å². The van der Waals surface area contributed by atoms with Gasteiger partial charge in [-0.25, -0.2) is 9.37 Å². The summed E-state index contributed by atoms with van der Waals surface area (Å²) in [5.74, 6) is -0.266. The molecule has 0 saturated carbocycles. The summed E-state index contributed by atoms with van der Waals surface area (Å²) < 4.78 is 15.0. The SMILES string of the molecule is CC(Nc1c(Cl)ccc2scnc12)c1ccc(F)cc1Br. The van der Waals surface area contributed by atoms with Gasteiger partial charge < -0.3 is 5.32 Å². The predicted molar refractivity (Wildman–Crippen MR) is 90.8 cm³/mol. The van der Waals surface area contributed by atoms with Crippen LogP contribution in [0.3, 0.4) is 0 Å². The highest BCUT2D eigenvalue weighted by molar-refractivity contribution is 9.10. The Bertz CT molecular complexity index is 805. The minimum absolute atomic E-state index is 0.0372. The maximum atomic E-state index is 13.2. The van der Waals surface area contributed by atoms with Crippen LogP contribution in [0.4, 0.5) is 10.1 Å².